The van der Waals surface area contributed by atoms with Crippen molar-refractivity contribution >= 4 is 47.1 Å². The van der Waals surface area contributed by atoms with Gasteiger partial charge >= 0.3 is 5.97 Å². The van der Waals surface area contributed by atoms with Crippen molar-refractivity contribution in [1.82, 2.24) is 15.5 Å². The fourth-order valence-corrected chi connectivity index (χ4v) is 5.36. The lowest BCUT2D eigenvalue weighted by atomic mass is 10.0. The van der Waals surface area contributed by atoms with Crippen molar-refractivity contribution in [3.05, 3.63) is 82.5 Å². The van der Waals surface area contributed by atoms with Gasteiger partial charge in [0.05, 0.1) is 5.03 Å². The van der Waals surface area contributed by atoms with Crippen LogP contribution in [-0.4, -0.2) is 50.9 Å². The van der Waals surface area contributed by atoms with Gasteiger partial charge in [-0.3, -0.25) is 19.3 Å². The Morgan fingerprint density at radius 2 is 1.62 bits per heavy atom. The summed E-state index contributed by atoms with van der Waals surface area (Å²) in [6, 6.07) is 14.2. The van der Waals surface area contributed by atoms with Gasteiger partial charge < -0.3 is 21.5 Å². The molecule has 0 saturated carbocycles. The molecule has 0 bridgehead atoms. The molecule has 34 heavy (non-hydrogen) atoms. The van der Waals surface area contributed by atoms with Gasteiger partial charge in [-0.15, -0.1) is 11.8 Å². The van der Waals surface area contributed by atoms with Crippen LogP contribution in [0.15, 0.2) is 71.4 Å². The molecule has 2 aromatic rings. The van der Waals surface area contributed by atoms with Gasteiger partial charge in [-0.2, -0.15) is 0 Å². The maximum absolute atomic E-state index is 13.2. The molecular weight excluding hydrogens is 480 g/mol. The average molecular weight is 501 g/mol. The number of nitrogens with two attached hydrogens (primary N) is 1. The summed E-state index contributed by atoms with van der Waals surface area (Å²) in [5.41, 5.74) is 6.90. The molecule has 11 heteroatoms. The van der Waals surface area contributed by atoms with Crippen molar-refractivity contribution in [2.45, 2.75) is 23.5 Å². The molecule has 2 aliphatic heterocycles. The van der Waals surface area contributed by atoms with Crippen LogP contribution in [0.2, 0.25) is 0 Å². The van der Waals surface area contributed by atoms with Gasteiger partial charge in [0.25, 0.3) is 5.91 Å². The first-order valence-corrected chi connectivity index (χ1v) is 11.7. The third-order valence-corrected chi connectivity index (χ3v) is 7.30. The number of nitrogens with one attached hydrogen (secondary N) is 2. The van der Waals surface area contributed by atoms with E-state index < -0.39 is 47.2 Å². The second-order valence-electron chi connectivity index (χ2n) is 7.70. The van der Waals surface area contributed by atoms with E-state index in [9.17, 15) is 24.3 Å². The molecule has 2 aliphatic rings. The molecule has 1 fully saturated rings. The third kappa shape index (κ3) is 4.52. The van der Waals surface area contributed by atoms with Crippen LogP contribution in [0, 0.1) is 0 Å². The molecule has 5 N–H and O–H groups in total. The van der Waals surface area contributed by atoms with Gasteiger partial charge in [-0.1, -0.05) is 72.3 Å². The summed E-state index contributed by atoms with van der Waals surface area (Å²) in [7, 11) is 0. The number of hydrogen-bond acceptors (Lipinski definition) is 6. The first kappa shape index (κ1) is 23.8. The summed E-state index contributed by atoms with van der Waals surface area (Å²) in [5, 5.41) is 14.2. The number of carbonyl (C=O) groups is 4. The van der Waals surface area contributed by atoms with Crippen molar-refractivity contribution in [2.75, 3.05) is 5.75 Å². The van der Waals surface area contributed by atoms with E-state index >= 15 is 0 Å². The highest BCUT2D eigenvalue weighted by Gasteiger charge is 2.54. The van der Waals surface area contributed by atoms with E-state index in [1.807, 2.05) is 0 Å². The molecule has 4 rings (SSSR count). The Kier molecular flexibility index (Phi) is 6.92. The van der Waals surface area contributed by atoms with Gasteiger partial charge in [0, 0.05) is 5.75 Å². The second kappa shape index (κ2) is 9.88. The van der Waals surface area contributed by atoms with Crippen molar-refractivity contribution in [2.24, 2.45) is 5.73 Å². The Morgan fingerprint density at radius 1 is 1.03 bits per heavy atom. The van der Waals surface area contributed by atoms with Gasteiger partial charge in [0.15, 0.2) is 0 Å². The summed E-state index contributed by atoms with van der Waals surface area (Å²) in [5.74, 6) is -2.87. The fraction of sp³-hybridized carbons (Fsp3) is 0.217. The molecule has 0 unspecified atom stereocenters. The minimum atomic E-state index is -1.31. The summed E-state index contributed by atoms with van der Waals surface area (Å²) in [6.45, 7) is 0. The number of fused-ring (bicyclic) bond motifs is 1. The monoisotopic (exact) mass is 500 g/mol. The Morgan fingerprint density at radius 3 is 2.21 bits per heavy atom. The number of rotatable bonds is 7. The number of thioether (sulfide) groups is 1. The molecule has 1 saturated heterocycles. The minimum absolute atomic E-state index is 0.0659. The van der Waals surface area contributed by atoms with Gasteiger partial charge in [0.1, 0.15) is 29.2 Å². The van der Waals surface area contributed by atoms with Crippen LogP contribution in [0.4, 0.5) is 0 Å². The van der Waals surface area contributed by atoms with Crippen LogP contribution in [0.25, 0.3) is 0 Å². The quantitative estimate of drug-likeness (QED) is 0.422. The number of hydrogen-bond donors (Lipinski definition) is 4. The maximum atomic E-state index is 13.2. The largest absolute Gasteiger partial charge is 0.477 e. The highest BCUT2D eigenvalue weighted by atomic mass is 35.5. The smallest absolute Gasteiger partial charge is 0.353 e. The van der Waals surface area contributed by atoms with Crippen LogP contribution in [-0.2, 0) is 19.2 Å². The van der Waals surface area contributed by atoms with Crippen molar-refractivity contribution in [3.63, 3.8) is 0 Å². The van der Waals surface area contributed by atoms with E-state index in [-0.39, 0.29) is 16.5 Å². The predicted molar refractivity (Wildman–Crippen MR) is 126 cm³/mol. The number of carbonyl (C=O) groups excluding carboxylic acids is 3. The number of benzene rings is 2. The minimum Gasteiger partial charge on any atom is -0.477 e. The zero-order valence-corrected chi connectivity index (χ0v) is 19.3. The van der Waals surface area contributed by atoms with E-state index in [1.165, 1.54) is 11.8 Å². The average Bonchev–Trinajstić information content (AvgIpc) is 2.85. The molecule has 0 aliphatic carbocycles. The topological polar surface area (TPSA) is 142 Å². The number of nitrogens with zero attached hydrogens (tertiary/aromatic N) is 1. The maximum Gasteiger partial charge on any atom is 0.353 e. The molecule has 0 radical (unpaired) electrons. The second-order valence-corrected chi connectivity index (χ2v) is 9.26. The number of amides is 3. The Labute approximate surface area is 204 Å². The van der Waals surface area contributed by atoms with Crippen LogP contribution < -0.4 is 16.4 Å². The molecule has 0 aromatic heterocycles. The number of carboxylic acids is 1. The first-order valence-electron chi connectivity index (χ1n) is 10.3. The summed E-state index contributed by atoms with van der Waals surface area (Å²) < 4.78 is 0. The number of halogens is 1. The molecule has 9 nitrogen and oxygen atoms in total. The molecule has 3 amide bonds. The lowest BCUT2D eigenvalue weighted by Crippen LogP contribution is -2.71. The van der Waals surface area contributed by atoms with Gasteiger partial charge in [-0.25, -0.2) is 4.79 Å². The molecular formula is C23H21ClN4O5S. The number of β-lactam (4-membered cyclic amide) rings is 1. The summed E-state index contributed by atoms with van der Waals surface area (Å²) in [6.07, 6.45) is 0. The summed E-state index contributed by atoms with van der Waals surface area (Å²) >= 11 is 7.25. The fourth-order valence-electron chi connectivity index (χ4n) is 3.81. The highest BCUT2D eigenvalue weighted by molar-refractivity contribution is 8.00. The van der Waals surface area contributed by atoms with Gasteiger partial charge in [-0.05, 0) is 11.1 Å². The number of aliphatic carboxylic acids is 1. The number of carboxylic acid groups (broad SMARTS) is 1. The first-order chi connectivity index (χ1) is 16.3. The Bertz CT molecular complexity index is 1160. The lowest BCUT2D eigenvalue weighted by Gasteiger charge is -2.49. The van der Waals surface area contributed by atoms with E-state index in [0.717, 1.165) is 4.90 Å². The van der Waals surface area contributed by atoms with Crippen LogP contribution in [0.3, 0.4) is 0 Å². The summed E-state index contributed by atoms with van der Waals surface area (Å²) in [4.78, 5) is 51.4. The predicted octanol–water partition coefficient (Wildman–Crippen LogP) is 1.48. The zero-order chi connectivity index (χ0) is 24.4. The zero-order valence-electron chi connectivity index (χ0n) is 17.7. The highest BCUT2D eigenvalue weighted by Crippen LogP contribution is 2.41. The lowest BCUT2D eigenvalue weighted by molar-refractivity contribution is -0.151. The van der Waals surface area contributed by atoms with Crippen molar-refractivity contribution in [3.8, 4) is 0 Å². The Hall–Kier alpha value is -3.34. The van der Waals surface area contributed by atoms with Gasteiger partial charge in [0.2, 0.25) is 11.8 Å². The standard InChI is InChI=1S/C23H21ClN4O5S/c24-14-11-34-22-17(21(31)28(22)18(14)23(32)33)27-20(30)16(13-9-5-2-6-10-13)26-19(29)15(25)12-7-3-1-4-8-12/h1-10,15-17,22H,11,25H2,(H,26,29)(H,27,30)(H,32,33)/t15-,16-,17-,22+/m1/s1. The molecule has 0 spiro atoms. The van der Waals surface area contributed by atoms with Crippen molar-refractivity contribution < 1.29 is 24.3 Å². The van der Waals surface area contributed by atoms with E-state index in [4.69, 9.17) is 17.3 Å². The van der Waals surface area contributed by atoms with E-state index in [0.29, 0.717) is 11.1 Å². The molecule has 2 aromatic carbocycles. The molecule has 176 valence electrons. The van der Waals surface area contributed by atoms with Crippen LogP contribution in [0.5, 0.6) is 0 Å². The third-order valence-electron chi connectivity index (χ3n) is 5.54. The van der Waals surface area contributed by atoms with E-state index in [2.05, 4.69) is 10.6 Å². The van der Waals surface area contributed by atoms with Crippen LogP contribution >= 0.6 is 23.4 Å². The SMILES string of the molecule is N[C@@H](C(=O)N[C@@H](C(=O)N[C@@H]1C(=O)N2C(C(=O)O)=C(Cl)CS[C@@H]12)c1ccccc1)c1ccccc1. The Balaban J connectivity index is 1.52. The molecule has 2 heterocycles. The van der Waals surface area contributed by atoms with E-state index in [1.54, 1.807) is 60.7 Å². The molecule has 4 atom stereocenters. The normalized spacial score (nSPS) is 21.1. The van der Waals surface area contributed by atoms with Crippen molar-refractivity contribution in [1.29, 1.82) is 0 Å². The van der Waals surface area contributed by atoms with Crippen LogP contribution in [0.1, 0.15) is 23.2 Å².